The molecule has 0 saturated heterocycles. The average Bonchev–Trinajstić information content (AvgIpc) is 3.05. The van der Waals surface area contributed by atoms with Gasteiger partial charge >= 0.3 is 0 Å². The van der Waals surface area contributed by atoms with Crippen molar-refractivity contribution in [2.45, 2.75) is 6.92 Å². The smallest absolute Gasteiger partial charge is 0.227 e. The van der Waals surface area contributed by atoms with Crippen LogP contribution in [0.5, 0.6) is 0 Å². The molecular weight excluding hydrogens is 381 g/mol. The lowest BCUT2D eigenvalue weighted by atomic mass is 10.1. The van der Waals surface area contributed by atoms with E-state index >= 15 is 0 Å². The second-order valence-electron chi connectivity index (χ2n) is 6.46. The zero-order chi connectivity index (χ0) is 20.7. The first-order valence-electron chi connectivity index (χ1n) is 8.88. The Morgan fingerprint density at radius 2 is 1.83 bits per heavy atom. The molecule has 0 atom stereocenters. The number of hydrogen-bond acceptors (Lipinski definition) is 5. The standard InChI is InChI=1S/C20H17F3N6/c1-3-28(2)20-25-17(13-8-5-9-14(22)16(13)23)15-18(24)29(27-19(15)26-20)12-7-4-6-11(21)10-12/h4-10H,3,24H2,1-2H3. The minimum Gasteiger partial charge on any atom is -0.383 e. The highest BCUT2D eigenvalue weighted by Gasteiger charge is 2.23. The van der Waals surface area contributed by atoms with Gasteiger partial charge in [0.15, 0.2) is 17.3 Å². The van der Waals surface area contributed by atoms with Crippen molar-refractivity contribution in [1.29, 1.82) is 0 Å². The van der Waals surface area contributed by atoms with Gasteiger partial charge < -0.3 is 10.6 Å². The fourth-order valence-corrected chi connectivity index (χ4v) is 3.00. The molecule has 0 amide bonds. The van der Waals surface area contributed by atoms with Gasteiger partial charge in [0.25, 0.3) is 0 Å². The van der Waals surface area contributed by atoms with Crippen molar-refractivity contribution in [3.05, 3.63) is 59.9 Å². The fourth-order valence-electron chi connectivity index (χ4n) is 3.00. The summed E-state index contributed by atoms with van der Waals surface area (Å²) in [6.07, 6.45) is 0. The van der Waals surface area contributed by atoms with Crippen LogP contribution >= 0.6 is 0 Å². The first-order valence-corrected chi connectivity index (χ1v) is 8.88. The number of nitrogens with zero attached hydrogens (tertiary/aromatic N) is 5. The Bertz CT molecular complexity index is 1220. The number of hydrogen-bond donors (Lipinski definition) is 1. The van der Waals surface area contributed by atoms with Crippen molar-refractivity contribution in [3.63, 3.8) is 0 Å². The number of fused-ring (bicyclic) bond motifs is 1. The molecule has 2 aromatic carbocycles. The molecule has 0 fully saturated rings. The lowest BCUT2D eigenvalue weighted by molar-refractivity contribution is 0.511. The summed E-state index contributed by atoms with van der Waals surface area (Å²) in [5, 5.41) is 4.63. The third-order valence-electron chi connectivity index (χ3n) is 4.63. The second-order valence-corrected chi connectivity index (χ2v) is 6.46. The van der Waals surface area contributed by atoms with Gasteiger partial charge in [0.1, 0.15) is 11.6 Å². The molecule has 0 aliphatic rings. The third-order valence-corrected chi connectivity index (χ3v) is 4.63. The molecule has 0 radical (unpaired) electrons. The molecule has 0 aliphatic carbocycles. The van der Waals surface area contributed by atoms with Gasteiger partial charge in [-0.1, -0.05) is 12.1 Å². The van der Waals surface area contributed by atoms with Crippen LogP contribution < -0.4 is 10.6 Å². The van der Waals surface area contributed by atoms with E-state index in [1.54, 1.807) is 18.0 Å². The summed E-state index contributed by atoms with van der Waals surface area (Å²) in [6, 6.07) is 9.52. The summed E-state index contributed by atoms with van der Waals surface area (Å²) in [7, 11) is 1.76. The summed E-state index contributed by atoms with van der Waals surface area (Å²) in [4.78, 5) is 10.6. The van der Waals surface area contributed by atoms with Gasteiger partial charge in [-0.2, -0.15) is 4.98 Å². The molecule has 0 saturated carbocycles. The van der Waals surface area contributed by atoms with Crippen molar-refractivity contribution in [2.24, 2.45) is 0 Å². The van der Waals surface area contributed by atoms with Crippen LogP contribution in [-0.2, 0) is 0 Å². The van der Waals surface area contributed by atoms with E-state index in [4.69, 9.17) is 5.73 Å². The van der Waals surface area contributed by atoms with E-state index in [2.05, 4.69) is 15.1 Å². The van der Waals surface area contributed by atoms with Crippen LogP contribution in [0.3, 0.4) is 0 Å². The van der Waals surface area contributed by atoms with Crippen LogP contribution in [0.4, 0.5) is 24.9 Å². The summed E-state index contributed by atoms with van der Waals surface area (Å²) in [5.74, 6) is -2.14. The van der Waals surface area contributed by atoms with Gasteiger partial charge in [-0.25, -0.2) is 22.8 Å². The zero-order valence-electron chi connectivity index (χ0n) is 15.7. The van der Waals surface area contributed by atoms with Gasteiger partial charge in [0.2, 0.25) is 5.95 Å². The largest absolute Gasteiger partial charge is 0.383 e. The monoisotopic (exact) mass is 398 g/mol. The molecule has 0 aliphatic heterocycles. The maximum absolute atomic E-state index is 14.6. The maximum atomic E-state index is 14.6. The van der Waals surface area contributed by atoms with E-state index < -0.39 is 17.5 Å². The van der Waals surface area contributed by atoms with Crippen LogP contribution in [0.2, 0.25) is 0 Å². The zero-order valence-corrected chi connectivity index (χ0v) is 15.7. The van der Waals surface area contributed by atoms with Gasteiger partial charge in [-0.15, -0.1) is 5.10 Å². The van der Waals surface area contributed by atoms with Crippen LogP contribution in [0.1, 0.15) is 6.92 Å². The predicted molar refractivity (Wildman–Crippen MR) is 105 cm³/mol. The van der Waals surface area contributed by atoms with E-state index in [9.17, 15) is 13.2 Å². The molecule has 4 rings (SSSR count). The lowest BCUT2D eigenvalue weighted by Gasteiger charge is -2.15. The van der Waals surface area contributed by atoms with E-state index in [0.29, 0.717) is 12.2 Å². The van der Waals surface area contributed by atoms with Crippen molar-refractivity contribution in [1.82, 2.24) is 19.7 Å². The molecule has 0 bridgehead atoms. The molecule has 0 spiro atoms. The molecule has 4 aromatic rings. The Kier molecular flexibility index (Phi) is 4.57. The first-order chi connectivity index (χ1) is 13.9. The summed E-state index contributed by atoms with van der Waals surface area (Å²) in [6.45, 7) is 2.48. The lowest BCUT2D eigenvalue weighted by Crippen LogP contribution is -2.19. The Labute approximate surface area is 164 Å². The highest BCUT2D eigenvalue weighted by atomic mass is 19.2. The Morgan fingerprint density at radius 1 is 1.07 bits per heavy atom. The minimum atomic E-state index is -1.05. The Balaban J connectivity index is 2.06. The number of nitrogens with two attached hydrogens (primary N) is 1. The Hall–Kier alpha value is -3.62. The quantitative estimate of drug-likeness (QED) is 0.564. The van der Waals surface area contributed by atoms with Crippen LogP contribution in [0.15, 0.2) is 42.5 Å². The molecule has 2 heterocycles. The van der Waals surface area contributed by atoms with E-state index in [1.807, 2.05) is 6.92 Å². The second kappa shape index (κ2) is 7.08. The van der Waals surface area contributed by atoms with E-state index in [0.717, 1.165) is 6.07 Å². The maximum Gasteiger partial charge on any atom is 0.227 e. The SMILES string of the molecule is CCN(C)c1nc(-c2cccc(F)c2F)c2c(N)n(-c3cccc(F)c3)nc2n1. The number of benzene rings is 2. The van der Waals surface area contributed by atoms with E-state index in [1.165, 1.54) is 35.0 Å². The topological polar surface area (TPSA) is 72.9 Å². The molecule has 148 valence electrons. The van der Waals surface area contributed by atoms with Gasteiger partial charge in [-0.05, 0) is 37.3 Å². The molecule has 2 N–H and O–H groups in total. The summed E-state index contributed by atoms with van der Waals surface area (Å²) < 4.78 is 43.5. The molecule has 9 heteroatoms. The highest BCUT2D eigenvalue weighted by molar-refractivity contribution is 5.99. The van der Waals surface area contributed by atoms with Gasteiger partial charge in [-0.3, -0.25) is 0 Å². The van der Waals surface area contributed by atoms with Crippen LogP contribution in [-0.4, -0.2) is 33.3 Å². The molecule has 0 unspecified atom stereocenters. The number of nitrogen functional groups attached to an aromatic ring is 1. The number of halogens is 3. The Morgan fingerprint density at radius 3 is 2.55 bits per heavy atom. The highest BCUT2D eigenvalue weighted by Crippen LogP contribution is 2.35. The van der Waals surface area contributed by atoms with Crippen molar-refractivity contribution in [2.75, 3.05) is 24.2 Å². The fraction of sp³-hybridized carbons (Fsp3) is 0.150. The first kappa shape index (κ1) is 18.7. The summed E-state index contributed by atoms with van der Waals surface area (Å²) >= 11 is 0. The van der Waals surface area contributed by atoms with Crippen LogP contribution in [0.25, 0.3) is 28.0 Å². The molecule has 6 nitrogen and oxygen atoms in total. The van der Waals surface area contributed by atoms with Crippen molar-refractivity contribution in [3.8, 4) is 16.9 Å². The van der Waals surface area contributed by atoms with Crippen molar-refractivity contribution < 1.29 is 13.2 Å². The molecule has 2 aromatic heterocycles. The van der Waals surface area contributed by atoms with Gasteiger partial charge in [0, 0.05) is 19.2 Å². The summed E-state index contributed by atoms with van der Waals surface area (Å²) in [5.41, 5.74) is 6.89. The molecule has 29 heavy (non-hydrogen) atoms. The minimum absolute atomic E-state index is 0.0614. The number of anilines is 2. The van der Waals surface area contributed by atoms with Crippen LogP contribution in [0, 0.1) is 17.5 Å². The molecular formula is C20H17F3N6. The predicted octanol–water partition coefficient (Wildman–Crippen LogP) is 3.94. The van der Waals surface area contributed by atoms with Gasteiger partial charge in [0.05, 0.1) is 16.8 Å². The van der Waals surface area contributed by atoms with E-state index in [-0.39, 0.29) is 34.1 Å². The number of rotatable bonds is 4. The van der Waals surface area contributed by atoms with Crippen molar-refractivity contribution >= 4 is 22.8 Å². The normalized spacial score (nSPS) is 11.2. The average molecular weight is 398 g/mol. The number of aromatic nitrogens is 4. The third kappa shape index (κ3) is 3.14.